The number of urea groups is 1. The summed E-state index contributed by atoms with van der Waals surface area (Å²) in [7, 11) is 0. The van der Waals surface area contributed by atoms with E-state index in [1.165, 1.54) is 22.7 Å². The Morgan fingerprint density at radius 1 is 0.938 bits per heavy atom. The van der Waals surface area contributed by atoms with Crippen LogP contribution in [0, 0.1) is 11.8 Å². The summed E-state index contributed by atoms with van der Waals surface area (Å²) in [5.74, 6) is -0.0268. The van der Waals surface area contributed by atoms with Crippen LogP contribution in [0.5, 0.6) is 0 Å². The molecular weight excluding hydrogens is 643 g/mol. The SMILES string of the molecule is CC(C)C(NC(=O)N(Cc1cscn1)C1CC1)C(=O)CC(CCC(Cc1ccccc1)NC(=O)OCc1cncs1)Cc1ccccc1. The number of ketones is 1. The molecule has 0 aliphatic heterocycles. The van der Waals surface area contributed by atoms with Crippen molar-refractivity contribution >= 4 is 40.6 Å². The number of ether oxygens (including phenoxy) is 1. The highest BCUT2D eigenvalue weighted by Gasteiger charge is 2.35. The van der Waals surface area contributed by atoms with Crippen LogP contribution in [0.1, 0.15) is 67.6 Å². The maximum absolute atomic E-state index is 14.0. The van der Waals surface area contributed by atoms with Gasteiger partial charge in [-0.3, -0.25) is 9.78 Å². The van der Waals surface area contributed by atoms with E-state index in [2.05, 4.69) is 44.9 Å². The zero-order valence-corrected chi connectivity index (χ0v) is 29.3. The molecule has 0 saturated heterocycles. The molecule has 0 spiro atoms. The van der Waals surface area contributed by atoms with E-state index in [0.717, 1.165) is 41.0 Å². The smallest absolute Gasteiger partial charge is 0.407 e. The van der Waals surface area contributed by atoms with Gasteiger partial charge in [0.25, 0.3) is 0 Å². The first-order chi connectivity index (χ1) is 23.3. The molecule has 1 fully saturated rings. The van der Waals surface area contributed by atoms with Crippen molar-refractivity contribution in [2.45, 2.75) is 90.1 Å². The summed E-state index contributed by atoms with van der Waals surface area (Å²) in [6, 6.07) is 19.4. The summed E-state index contributed by atoms with van der Waals surface area (Å²) >= 11 is 2.95. The lowest BCUT2D eigenvalue weighted by Gasteiger charge is -2.29. The number of aromatic nitrogens is 2. The molecule has 0 radical (unpaired) electrons. The van der Waals surface area contributed by atoms with Crippen molar-refractivity contribution < 1.29 is 19.1 Å². The molecule has 9 nitrogen and oxygen atoms in total. The van der Waals surface area contributed by atoms with Gasteiger partial charge in [-0.15, -0.1) is 22.7 Å². The minimum Gasteiger partial charge on any atom is -0.444 e. The standard InChI is InChI=1S/C37H45N5O4S2/c1-26(2)35(41-36(44)42(32-15-16-32)21-31-23-47-25-39-31)34(43)19-29(17-27-9-5-3-6-10-27)13-14-30(18-28-11-7-4-8-12-28)40-37(45)46-22-33-20-38-24-48-33/h3-12,20,23-26,29-30,32,35H,13-19,21-22H2,1-2H3,(H,40,45)(H,41,44). The van der Waals surface area contributed by atoms with Gasteiger partial charge in [0, 0.05) is 30.1 Å². The second kappa shape index (κ2) is 17.9. The summed E-state index contributed by atoms with van der Waals surface area (Å²) in [6.07, 6.45) is 6.22. The van der Waals surface area contributed by atoms with Gasteiger partial charge in [-0.2, -0.15) is 0 Å². The Balaban J connectivity index is 1.26. The van der Waals surface area contributed by atoms with E-state index >= 15 is 0 Å². The van der Waals surface area contributed by atoms with E-state index in [9.17, 15) is 14.4 Å². The van der Waals surface area contributed by atoms with E-state index in [1.54, 1.807) is 17.2 Å². The summed E-state index contributed by atoms with van der Waals surface area (Å²) < 4.78 is 5.51. The highest BCUT2D eigenvalue weighted by Crippen LogP contribution is 2.29. The number of nitrogens with one attached hydrogen (secondary N) is 2. The Bertz CT molecular complexity index is 1550. The first-order valence-corrected chi connectivity index (χ1v) is 18.5. The van der Waals surface area contributed by atoms with Crippen LogP contribution in [0.3, 0.4) is 0 Å². The van der Waals surface area contributed by atoms with Crippen LogP contribution in [0.2, 0.25) is 0 Å². The van der Waals surface area contributed by atoms with E-state index < -0.39 is 12.1 Å². The van der Waals surface area contributed by atoms with Crippen molar-refractivity contribution in [1.82, 2.24) is 25.5 Å². The van der Waals surface area contributed by atoms with Gasteiger partial charge in [-0.1, -0.05) is 74.5 Å². The molecule has 2 aromatic heterocycles. The molecule has 4 aromatic rings. The number of amides is 3. The number of hydrogen-bond acceptors (Lipinski definition) is 8. The van der Waals surface area contributed by atoms with E-state index in [1.807, 2.05) is 60.5 Å². The molecule has 2 N–H and O–H groups in total. The number of carbonyl (C=O) groups is 3. The summed E-state index contributed by atoms with van der Waals surface area (Å²) in [6.45, 7) is 4.57. The van der Waals surface area contributed by atoms with Crippen LogP contribution in [0.15, 0.2) is 83.3 Å². The van der Waals surface area contributed by atoms with Gasteiger partial charge in [0.1, 0.15) is 6.61 Å². The van der Waals surface area contributed by atoms with E-state index in [-0.39, 0.29) is 42.3 Å². The second-order valence-electron chi connectivity index (χ2n) is 12.9. The topological polar surface area (TPSA) is 114 Å². The Morgan fingerprint density at radius 3 is 2.25 bits per heavy atom. The molecule has 1 aliphatic carbocycles. The minimum absolute atomic E-state index is 0.0147. The Kier molecular flexibility index (Phi) is 13.1. The summed E-state index contributed by atoms with van der Waals surface area (Å²) in [5.41, 5.74) is 6.62. The fraction of sp³-hybridized carbons (Fsp3) is 0.432. The molecule has 2 heterocycles. The molecule has 0 bridgehead atoms. The average Bonchev–Trinajstić information content (AvgIpc) is 3.52. The molecular formula is C37H45N5O4S2. The molecule has 3 unspecified atom stereocenters. The third kappa shape index (κ3) is 11.3. The van der Waals surface area contributed by atoms with Gasteiger partial charge in [0.2, 0.25) is 0 Å². The van der Waals surface area contributed by atoms with Gasteiger partial charge in [0.15, 0.2) is 5.78 Å². The van der Waals surface area contributed by atoms with E-state index in [4.69, 9.17) is 4.74 Å². The van der Waals surface area contributed by atoms with Gasteiger partial charge in [-0.25, -0.2) is 14.6 Å². The molecule has 3 amide bonds. The van der Waals surface area contributed by atoms with Crippen LogP contribution in [-0.2, 0) is 35.5 Å². The Morgan fingerprint density at radius 2 is 1.65 bits per heavy atom. The lowest BCUT2D eigenvalue weighted by molar-refractivity contribution is -0.122. The Hall–Kier alpha value is -4.09. The zero-order valence-electron chi connectivity index (χ0n) is 27.6. The van der Waals surface area contributed by atoms with Crippen LogP contribution in [-0.4, -0.2) is 50.9 Å². The molecule has 11 heteroatoms. The number of Topliss-reactive ketones (excluding diaryl/α,β-unsaturated/α-hetero) is 1. The maximum atomic E-state index is 14.0. The fourth-order valence-corrected chi connectivity index (χ4v) is 6.99. The highest BCUT2D eigenvalue weighted by molar-refractivity contribution is 7.09. The van der Waals surface area contributed by atoms with Gasteiger partial charge >= 0.3 is 12.1 Å². The number of nitrogens with zero attached hydrogens (tertiary/aromatic N) is 3. The lowest BCUT2D eigenvalue weighted by Crippen LogP contribution is -2.51. The highest BCUT2D eigenvalue weighted by atomic mass is 32.1. The Labute approximate surface area is 291 Å². The molecule has 1 aliphatic rings. The van der Waals surface area contributed by atoms with Crippen LogP contribution >= 0.6 is 22.7 Å². The lowest BCUT2D eigenvalue weighted by atomic mass is 9.85. The fourth-order valence-electron chi connectivity index (χ4n) is 5.93. The van der Waals surface area contributed by atoms with Crippen molar-refractivity contribution in [2.75, 3.05) is 0 Å². The third-order valence-electron chi connectivity index (χ3n) is 8.61. The van der Waals surface area contributed by atoms with Crippen molar-refractivity contribution in [3.63, 3.8) is 0 Å². The summed E-state index contributed by atoms with van der Waals surface area (Å²) in [4.78, 5) is 51.6. The predicted molar refractivity (Wildman–Crippen MR) is 190 cm³/mol. The van der Waals surface area contributed by atoms with Gasteiger partial charge < -0.3 is 20.3 Å². The molecule has 2 aromatic carbocycles. The molecule has 5 rings (SSSR count). The van der Waals surface area contributed by atoms with Crippen molar-refractivity contribution in [3.8, 4) is 0 Å². The number of hydrogen-bond donors (Lipinski definition) is 2. The van der Waals surface area contributed by atoms with Crippen molar-refractivity contribution in [3.05, 3.63) is 105 Å². The van der Waals surface area contributed by atoms with Gasteiger partial charge in [0.05, 0.1) is 34.2 Å². The van der Waals surface area contributed by atoms with Crippen molar-refractivity contribution in [1.29, 1.82) is 0 Å². The second-order valence-corrected chi connectivity index (χ2v) is 14.6. The quantitative estimate of drug-likeness (QED) is 0.113. The van der Waals surface area contributed by atoms with Crippen LogP contribution in [0.25, 0.3) is 0 Å². The maximum Gasteiger partial charge on any atom is 0.407 e. The number of thiazole rings is 2. The van der Waals surface area contributed by atoms with Crippen LogP contribution < -0.4 is 10.6 Å². The van der Waals surface area contributed by atoms with Crippen LogP contribution in [0.4, 0.5) is 9.59 Å². The van der Waals surface area contributed by atoms with Gasteiger partial charge in [-0.05, 0) is 61.5 Å². The number of benzene rings is 2. The van der Waals surface area contributed by atoms with Crippen molar-refractivity contribution in [2.24, 2.45) is 11.8 Å². The predicted octanol–water partition coefficient (Wildman–Crippen LogP) is 7.43. The van der Waals surface area contributed by atoms with E-state index in [0.29, 0.717) is 32.2 Å². The average molecular weight is 688 g/mol. The molecule has 1 saturated carbocycles. The number of carbonyl (C=O) groups excluding carboxylic acids is 3. The molecule has 3 atom stereocenters. The summed E-state index contributed by atoms with van der Waals surface area (Å²) in [5, 5.41) is 8.15. The largest absolute Gasteiger partial charge is 0.444 e. The number of rotatable bonds is 18. The number of alkyl carbamates (subject to hydrolysis) is 1. The first kappa shape index (κ1) is 35.2. The molecule has 254 valence electrons. The normalized spacial score (nSPS) is 14.6. The third-order valence-corrected chi connectivity index (χ3v) is 10.0. The first-order valence-electron chi connectivity index (χ1n) is 16.7. The molecule has 48 heavy (non-hydrogen) atoms. The monoisotopic (exact) mass is 687 g/mol. The minimum atomic E-state index is -0.604. The zero-order chi connectivity index (χ0) is 33.7.